The molecule has 30 heavy (non-hydrogen) atoms. The SMILES string of the molecule is C=CCN(C=O)C(=C)/C=C(/F)C(=C)F.Nc1csc2c1=CCC(c1ccncc1)N=2. The Labute approximate surface area is 177 Å². The van der Waals surface area contributed by atoms with Crippen LogP contribution in [-0.4, -0.2) is 22.8 Å². The Hall–Kier alpha value is -3.39. The largest absolute Gasteiger partial charge is 0.398 e. The van der Waals surface area contributed by atoms with E-state index >= 15 is 0 Å². The predicted molar refractivity (Wildman–Crippen MR) is 117 cm³/mol. The quantitative estimate of drug-likeness (QED) is 0.415. The van der Waals surface area contributed by atoms with E-state index in [1.807, 2.05) is 29.9 Å². The lowest BCUT2D eigenvalue weighted by atomic mass is 10.0. The second kappa shape index (κ2) is 11.0. The molecule has 1 amide bonds. The van der Waals surface area contributed by atoms with Crippen molar-refractivity contribution in [1.29, 1.82) is 0 Å². The lowest BCUT2D eigenvalue weighted by molar-refractivity contribution is -0.115. The smallest absolute Gasteiger partial charge is 0.214 e. The van der Waals surface area contributed by atoms with Gasteiger partial charge in [0, 0.05) is 41.3 Å². The molecule has 2 aromatic heterocycles. The van der Waals surface area contributed by atoms with E-state index in [4.69, 9.17) is 10.7 Å². The summed E-state index contributed by atoms with van der Waals surface area (Å²) >= 11 is 1.61. The van der Waals surface area contributed by atoms with Crippen molar-refractivity contribution >= 4 is 29.5 Å². The van der Waals surface area contributed by atoms with Crippen LogP contribution >= 0.6 is 11.3 Å². The minimum Gasteiger partial charge on any atom is -0.398 e. The Kier molecular flexibility index (Phi) is 8.37. The highest BCUT2D eigenvalue weighted by Gasteiger charge is 2.12. The van der Waals surface area contributed by atoms with Crippen LogP contribution < -0.4 is 15.6 Å². The van der Waals surface area contributed by atoms with Gasteiger partial charge in [-0.2, -0.15) is 0 Å². The third kappa shape index (κ3) is 6.05. The van der Waals surface area contributed by atoms with Gasteiger partial charge in [0.15, 0.2) is 11.7 Å². The zero-order valence-corrected chi connectivity index (χ0v) is 17.1. The lowest BCUT2D eigenvalue weighted by Gasteiger charge is -2.14. The van der Waals surface area contributed by atoms with E-state index in [2.05, 4.69) is 30.8 Å². The molecule has 2 aromatic rings. The first-order valence-electron chi connectivity index (χ1n) is 8.92. The van der Waals surface area contributed by atoms with Crippen LogP contribution in [0.1, 0.15) is 18.0 Å². The van der Waals surface area contributed by atoms with Crippen molar-refractivity contribution < 1.29 is 13.6 Å². The molecule has 0 spiro atoms. The van der Waals surface area contributed by atoms with Crippen molar-refractivity contribution in [3.8, 4) is 0 Å². The molecule has 3 rings (SSSR count). The summed E-state index contributed by atoms with van der Waals surface area (Å²) in [6, 6.07) is 4.25. The standard InChI is InChI=1S/C12H11N3S.C10H11F2NO/c13-10-7-16-12-9(10)1-2-11(15-12)8-3-5-14-6-4-8;1-4-5-13(7-14)8(2)6-10(12)9(3)11/h1,3-7,11H,2,13H2;4,6-7H,1-3,5H2/b;10-6+. The highest BCUT2D eigenvalue weighted by molar-refractivity contribution is 7.07. The molecule has 0 saturated heterocycles. The van der Waals surface area contributed by atoms with Crippen LogP contribution in [0.25, 0.3) is 6.08 Å². The first-order chi connectivity index (χ1) is 14.4. The molecule has 0 bridgehead atoms. The van der Waals surface area contributed by atoms with Gasteiger partial charge in [-0.05, 0) is 24.1 Å². The molecule has 2 N–H and O–H groups in total. The van der Waals surface area contributed by atoms with E-state index in [-0.39, 0.29) is 18.3 Å². The van der Waals surface area contributed by atoms with Crippen molar-refractivity contribution in [2.24, 2.45) is 4.99 Å². The number of halogens is 2. The Morgan fingerprint density at radius 1 is 1.33 bits per heavy atom. The van der Waals surface area contributed by atoms with Crippen LogP contribution in [0.2, 0.25) is 0 Å². The number of anilines is 1. The van der Waals surface area contributed by atoms with Crippen molar-refractivity contribution in [1.82, 2.24) is 9.88 Å². The van der Waals surface area contributed by atoms with Crippen LogP contribution in [-0.2, 0) is 4.79 Å². The highest BCUT2D eigenvalue weighted by Crippen LogP contribution is 2.22. The first kappa shape index (κ1) is 22.9. The van der Waals surface area contributed by atoms with E-state index < -0.39 is 11.7 Å². The number of rotatable bonds is 7. The molecule has 0 aliphatic carbocycles. The third-order valence-corrected chi connectivity index (χ3v) is 5.04. The van der Waals surface area contributed by atoms with Gasteiger partial charge in [0.05, 0.1) is 11.7 Å². The second-order valence-corrected chi connectivity index (χ2v) is 7.07. The van der Waals surface area contributed by atoms with Gasteiger partial charge in [0.1, 0.15) is 4.67 Å². The van der Waals surface area contributed by atoms with Crippen LogP contribution in [0.5, 0.6) is 0 Å². The molecule has 0 aromatic carbocycles. The van der Waals surface area contributed by atoms with Gasteiger partial charge in [-0.15, -0.1) is 17.9 Å². The minimum absolute atomic E-state index is 0.0381. The number of nitrogen functional groups attached to an aromatic ring is 1. The average Bonchev–Trinajstić information content (AvgIpc) is 3.13. The fourth-order valence-electron chi connectivity index (χ4n) is 2.57. The maximum Gasteiger partial charge on any atom is 0.214 e. The van der Waals surface area contributed by atoms with Crippen LogP contribution in [0.15, 0.2) is 84.1 Å². The minimum atomic E-state index is -1.20. The number of fused-ring (bicyclic) bond motifs is 1. The van der Waals surface area contributed by atoms with Gasteiger partial charge in [0.2, 0.25) is 6.41 Å². The third-order valence-electron chi connectivity index (χ3n) is 4.12. The summed E-state index contributed by atoms with van der Waals surface area (Å²) in [4.78, 5) is 20.3. The molecule has 156 valence electrons. The second-order valence-electron chi connectivity index (χ2n) is 6.21. The van der Waals surface area contributed by atoms with Crippen molar-refractivity contribution in [2.75, 3.05) is 12.3 Å². The summed E-state index contributed by atoms with van der Waals surface area (Å²) in [5, 5.41) is 3.06. The number of nitrogens with two attached hydrogens (primary N) is 1. The molecule has 1 unspecified atom stereocenters. The Balaban J connectivity index is 0.000000217. The molecular weight excluding hydrogens is 406 g/mol. The van der Waals surface area contributed by atoms with E-state index in [9.17, 15) is 13.6 Å². The highest BCUT2D eigenvalue weighted by atomic mass is 32.1. The van der Waals surface area contributed by atoms with E-state index in [1.54, 1.807) is 11.3 Å². The topological polar surface area (TPSA) is 71.6 Å². The first-order valence-corrected chi connectivity index (χ1v) is 9.80. The van der Waals surface area contributed by atoms with Gasteiger partial charge in [-0.1, -0.05) is 25.3 Å². The number of carbonyl (C=O) groups is 1. The maximum absolute atomic E-state index is 12.7. The molecule has 3 heterocycles. The Morgan fingerprint density at radius 3 is 2.63 bits per heavy atom. The normalized spacial score (nSPS) is 14.7. The summed E-state index contributed by atoms with van der Waals surface area (Å²) in [6.45, 7) is 9.73. The number of carbonyl (C=O) groups excluding carboxylic acids is 1. The average molecular weight is 429 g/mol. The molecule has 0 saturated carbocycles. The lowest BCUT2D eigenvalue weighted by Crippen LogP contribution is -2.26. The molecule has 1 aliphatic heterocycles. The van der Waals surface area contributed by atoms with Gasteiger partial charge >= 0.3 is 0 Å². The molecule has 1 atom stereocenters. The predicted octanol–water partition coefficient (Wildman–Crippen LogP) is 3.75. The molecule has 8 heteroatoms. The number of hydrogen-bond acceptors (Lipinski definition) is 5. The number of nitrogens with zero attached hydrogens (tertiary/aromatic N) is 3. The Morgan fingerprint density at radius 2 is 2.03 bits per heavy atom. The van der Waals surface area contributed by atoms with Gasteiger partial charge in [0.25, 0.3) is 0 Å². The summed E-state index contributed by atoms with van der Waals surface area (Å²) in [6.07, 6.45) is 9.40. The van der Waals surface area contributed by atoms with Crippen molar-refractivity contribution in [3.63, 3.8) is 0 Å². The van der Waals surface area contributed by atoms with Gasteiger partial charge < -0.3 is 10.6 Å². The number of allylic oxidation sites excluding steroid dienone is 3. The van der Waals surface area contributed by atoms with Crippen LogP contribution in [0, 0.1) is 0 Å². The molecule has 1 aliphatic rings. The summed E-state index contributed by atoms with van der Waals surface area (Å²) in [7, 11) is 0. The van der Waals surface area contributed by atoms with E-state index in [1.165, 1.54) is 11.6 Å². The van der Waals surface area contributed by atoms with Crippen LogP contribution in [0.4, 0.5) is 14.5 Å². The number of pyridine rings is 1. The summed E-state index contributed by atoms with van der Waals surface area (Å²) in [5.41, 5.74) is 7.95. The van der Waals surface area contributed by atoms with E-state index in [0.717, 1.165) is 33.0 Å². The fourth-order valence-corrected chi connectivity index (χ4v) is 3.45. The van der Waals surface area contributed by atoms with Gasteiger partial charge in [-0.3, -0.25) is 14.8 Å². The van der Waals surface area contributed by atoms with Gasteiger partial charge in [-0.25, -0.2) is 8.78 Å². The molecular formula is C22H22F2N4OS. The van der Waals surface area contributed by atoms with Crippen molar-refractivity contribution in [3.05, 3.63) is 94.6 Å². The maximum atomic E-state index is 12.7. The van der Waals surface area contributed by atoms with Crippen molar-refractivity contribution in [2.45, 2.75) is 12.5 Å². The number of thiophene rings is 1. The monoisotopic (exact) mass is 428 g/mol. The molecule has 5 nitrogen and oxygen atoms in total. The Bertz CT molecular complexity index is 1080. The molecule has 0 radical (unpaired) electrons. The number of aromatic nitrogens is 1. The number of hydrogen-bond donors (Lipinski definition) is 1. The van der Waals surface area contributed by atoms with Crippen LogP contribution in [0.3, 0.4) is 0 Å². The zero-order chi connectivity index (χ0) is 22.1. The molecule has 0 fully saturated rings. The van der Waals surface area contributed by atoms with E-state index in [0.29, 0.717) is 6.41 Å². The summed E-state index contributed by atoms with van der Waals surface area (Å²) in [5.74, 6) is -2.35. The summed E-state index contributed by atoms with van der Waals surface area (Å²) < 4.78 is 25.9. The number of amides is 1. The fraction of sp³-hybridized carbons (Fsp3) is 0.136. The zero-order valence-electron chi connectivity index (χ0n) is 16.3.